The minimum Gasteiger partial charge on any atom is -0.489 e. The van der Waals surface area contributed by atoms with Crippen LogP contribution in [0.3, 0.4) is 0 Å². The molecule has 0 radical (unpaired) electrons. The first-order valence-electron chi connectivity index (χ1n) is 6.56. The van der Waals surface area contributed by atoms with Gasteiger partial charge in [0.05, 0.1) is 0 Å². The van der Waals surface area contributed by atoms with Crippen LogP contribution >= 0.6 is 11.6 Å². The number of hydrogen-bond acceptors (Lipinski definition) is 2. The van der Waals surface area contributed by atoms with Gasteiger partial charge in [-0.2, -0.15) is 0 Å². The van der Waals surface area contributed by atoms with Crippen molar-refractivity contribution in [1.29, 1.82) is 0 Å². The predicted octanol–water partition coefficient (Wildman–Crippen LogP) is 4.19. The zero-order valence-electron chi connectivity index (χ0n) is 11.3. The lowest BCUT2D eigenvalue weighted by atomic mass is 10.2. The minimum atomic E-state index is 0.522. The lowest BCUT2D eigenvalue weighted by molar-refractivity contribution is 0.358. The highest BCUT2D eigenvalue weighted by Gasteiger charge is 2.02. The summed E-state index contributed by atoms with van der Waals surface area (Å²) in [6.45, 7) is 5.74. The average Bonchev–Trinajstić information content (AvgIpc) is 2.48. The molecule has 0 aliphatic carbocycles. The van der Waals surface area contributed by atoms with Crippen molar-refractivity contribution >= 4 is 11.6 Å². The molecule has 20 heavy (non-hydrogen) atoms. The van der Waals surface area contributed by atoms with E-state index >= 15 is 0 Å². The molecular formula is C17H18ClNO. The molecule has 0 aromatic heterocycles. The Kier molecular flexibility index (Phi) is 5.66. The van der Waals surface area contributed by atoms with Crippen LogP contribution in [0.25, 0.3) is 0 Å². The van der Waals surface area contributed by atoms with E-state index in [2.05, 4.69) is 18.0 Å². The zero-order chi connectivity index (χ0) is 14.2. The van der Waals surface area contributed by atoms with E-state index in [1.807, 2.05) is 42.5 Å². The third-order valence-electron chi connectivity index (χ3n) is 2.89. The van der Waals surface area contributed by atoms with Crippen molar-refractivity contribution in [3.63, 3.8) is 0 Å². The Morgan fingerprint density at radius 1 is 1.05 bits per heavy atom. The molecule has 3 heteroatoms. The van der Waals surface area contributed by atoms with Crippen LogP contribution in [0.2, 0.25) is 5.02 Å². The van der Waals surface area contributed by atoms with Gasteiger partial charge in [-0.25, -0.2) is 0 Å². The Labute approximate surface area is 125 Å². The molecule has 0 aliphatic rings. The molecule has 2 aromatic carbocycles. The van der Waals surface area contributed by atoms with Gasteiger partial charge in [-0.3, -0.25) is 0 Å². The molecule has 0 saturated heterocycles. The van der Waals surface area contributed by atoms with Gasteiger partial charge in [-0.05, 0) is 23.8 Å². The number of halogens is 1. The highest BCUT2D eigenvalue weighted by Crippen LogP contribution is 2.18. The second kappa shape index (κ2) is 7.73. The second-order valence-electron chi connectivity index (χ2n) is 4.44. The van der Waals surface area contributed by atoms with Crippen molar-refractivity contribution in [2.75, 3.05) is 6.61 Å². The molecule has 2 nitrogen and oxygen atoms in total. The van der Waals surface area contributed by atoms with Crippen molar-refractivity contribution in [3.05, 3.63) is 77.3 Å². The van der Waals surface area contributed by atoms with Crippen molar-refractivity contribution in [2.45, 2.75) is 13.1 Å². The van der Waals surface area contributed by atoms with Crippen LogP contribution in [0, 0.1) is 0 Å². The summed E-state index contributed by atoms with van der Waals surface area (Å²) >= 11 is 5.87. The number of nitrogens with one attached hydrogen (secondary N) is 1. The van der Waals surface area contributed by atoms with Gasteiger partial charge in [0.15, 0.2) is 0 Å². The fourth-order valence-corrected chi connectivity index (χ4v) is 2.01. The van der Waals surface area contributed by atoms with Crippen molar-refractivity contribution in [3.8, 4) is 5.75 Å². The summed E-state index contributed by atoms with van der Waals surface area (Å²) < 4.78 is 5.63. The standard InChI is InChI=1S/C17H18ClNO/c1-2-11-20-17-6-4-3-5-15(17)13-19-12-14-7-9-16(18)10-8-14/h2-10,19H,1,11-13H2. The summed E-state index contributed by atoms with van der Waals surface area (Å²) in [4.78, 5) is 0. The Morgan fingerprint density at radius 3 is 2.55 bits per heavy atom. The Morgan fingerprint density at radius 2 is 1.80 bits per heavy atom. The summed E-state index contributed by atoms with van der Waals surface area (Å²) in [6.07, 6.45) is 1.75. The van der Waals surface area contributed by atoms with Gasteiger partial charge in [0.25, 0.3) is 0 Å². The van der Waals surface area contributed by atoms with E-state index in [4.69, 9.17) is 16.3 Å². The highest BCUT2D eigenvalue weighted by molar-refractivity contribution is 6.30. The topological polar surface area (TPSA) is 21.3 Å². The molecule has 0 atom stereocenters. The van der Waals surface area contributed by atoms with Crippen LogP contribution in [-0.2, 0) is 13.1 Å². The summed E-state index contributed by atoms with van der Waals surface area (Å²) in [5.74, 6) is 0.899. The molecule has 0 amide bonds. The maximum atomic E-state index is 5.87. The first-order chi connectivity index (χ1) is 9.79. The SMILES string of the molecule is C=CCOc1ccccc1CNCc1ccc(Cl)cc1. The number of ether oxygens (including phenoxy) is 1. The second-order valence-corrected chi connectivity index (χ2v) is 4.87. The van der Waals surface area contributed by atoms with Crippen molar-refractivity contribution in [2.24, 2.45) is 0 Å². The van der Waals surface area contributed by atoms with E-state index in [0.29, 0.717) is 6.61 Å². The minimum absolute atomic E-state index is 0.522. The summed E-state index contributed by atoms with van der Waals surface area (Å²) in [6, 6.07) is 15.9. The Bertz CT molecular complexity index is 551. The van der Waals surface area contributed by atoms with Crippen LogP contribution in [0.4, 0.5) is 0 Å². The van der Waals surface area contributed by atoms with E-state index in [1.165, 1.54) is 5.56 Å². The van der Waals surface area contributed by atoms with Gasteiger partial charge < -0.3 is 10.1 Å². The third kappa shape index (κ3) is 4.41. The van der Waals surface area contributed by atoms with Crippen molar-refractivity contribution in [1.82, 2.24) is 5.32 Å². The van der Waals surface area contributed by atoms with E-state index < -0.39 is 0 Å². The fraction of sp³-hybridized carbons (Fsp3) is 0.176. The molecule has 0 fully saturated rings. The maximum Gasteiger partial charge on any atom is 0.124 e. The first kappa shape index (κ1) is 14.6. The van der Waals surface area contributed by atoms with Gasteiger partial charge in [-0.1, -0.05) is 54.6 Å². The molecule has 0 saturated carbocycles. The van der Waals surface area contributed by atoms with E-state index in [9.17, 15) is 0 Å². The summed E-state index contributed by atoms with van der Waals surface area (Å²) in [5.41, 5.74) is 2.35. The molecule has 1 N–H and O–H groups in total. The normalized spacial score (nSPS) is 10.2. The smallest absolute Gasteiger partial charge is 0.124 e. The number of hydrogen-bond donors (Lipinski definition) is 1. The van der Waals surface area contributed by atoms with E-state index in [1.54, 1.807) is 6.08 Å². The molecule has 0 heterocycles. The molecule has 0 aliphatic heterocycles. The summed E-state index contributed by atoms with van der Waals surface area (Å²) in [5, 5.41) is 4.17. The van der Waals surface area contributed by atoms with Gasteiger partial charge in [0.2, 0.25) is 0 Å². The van der Waals surface area contributed by atoms with Crippen LogP contribution in [0.15, 0.2) is 61.2 Å². The lowest BCUT2D eigenvalue weighted by Gasteiger charge is -2.11. The van der Waals surface area contributed by atoms with Gasteiger partial charge in [0, 0.05) is 23.7 Å². The molecule has 2 aromatic rings. The molecule has 0 spiro atoms. The average molecular weight is 288 g/mol. The van der Waals surface area contributed by atoms with E-state index in [-0.39, 0.29) is 0 Å². The molecule has 0 bridgehead atoms. The van der Waals surface area contributed by atoms with Gasteiger partial charge in [-0.15, -0.1) is 0 Å². The largest absolute Gasteiger partial charge is 0.489 e. The van der Waals surface area contributed by atoms with Crippen molar-refractivity contribution < 1.29 is 4.74 Å². The molecular weight excluding hydrogens is 270 g/mol. The molecule has 0 unspecified atom stereocenters. The predicted molar refractivity (Wildman–Crippen MR) is 84.1 cm³/mol. The number of para-hydroxylation sites is 1. The fourth-order valence-electron chi connectivity index (χ4n) is 1.88. The molecule has 104 valence electrons. The van der Waals surface area contributed by atoms with Gasteiger partial charge >= 0.3 is 0 Å². The van der Waals surface area contributed by atoms with Crippen LogP contribution in [-0.4, -0.2) is 6.61 Å². The van der Waals surface area contributed by atoms with Gasteiger partial charge in [0.1, 0.15) is 12.4 Å². The Hall–Kier alpha value is -1.77. The molecule has 2 rings (SSSR count). The maximum absolute atomic E-state index is 5.87. The monoisotopic (exact) mass is 287 g/mol. The summed E-state index contributed by atoms with van der Waals surface area (Å²) in [7, 11) is 0. The Balaban J connectivity index is 1.90. The van der Waals surface area contributed by atoms with Crippen LogP contribution in [0.5, 0.6) is 5.75 Å². The first-order valence-corrected chi connectivity index (χ1v) is 6.94. The van der Waals surface area contributed by atoms with Crippen LogP contribution in [0.1, 0.15) is 11.1 Å². The quantitative estimate of drug-likeness (QED) is 0.771. The number of rotatable bonds is 7. The lowest BCUT2D eigenvalue weighted by Crippen LogP contribution is -2.13. The van der Waals surface area contributed by atoms with Crippen LogP contribution < -0.4 is 10.1 Å². The third-order valence-corrected chi connectivity index (χ3v) is 3.14. The number of benzene rings is 2. The van der Waals surface area contributed by atoms with E-state index in [0.717, 1.165) is 29.4 Å². The highest BCUT2D eigenvalue weighted by atomic mass is 35.5. The zero-order valence-corrected chi connectivity index (χ0v) is 12.1.